The zero-order chi connectivity index (χ0) is 15.9. The fourth-order valence-electron chi connectivity index (χ4n) is 2.50. The van der Waals surface area contributed by atoms with E-state index in [0.29, 0.717) is 30.3 Å². The summed E-state index contributed by atoms with van der Waals surface area (Å²) in [7, 11) is 0. The molecular formula is C17H22N2O3. The van der Waals surface area contributed by atoms with Crippen molar-refractivity contribution >= 4 is 17.5 Å². The van der Waals surface area contributed by atoms with Crippen LogP contribution in [0.15, 0.2) is 36.9 Å². The van der Waals surface area contributed by atoms with E-state index in [-0.39, 0.29) is 11.8 Å². The standard InChI is InChI=1S/C17H22N2O3/c1-3-16(20)18-15-7-5-6-14(10-15)17(21)19(4-2)11-13-8-9-22-12-13/h3,5-7,10,13H,1,4,8-9,11-12H2,2H3,(H,18,20). The summed E-state index contributed by atoms with van der Waals surface area (Å²) < 4.78 is 5.37. The van der Waals surface area contributed by atoms with E-state index in [9.17, 15) is 9.59 Å². The van der Waals surface area contributed by atoms with Crippen molar-refractivity contribution in [1.29, 1.82) is 0 Å². The predicted octanol–water partition coefficient (Wildman–Crippen LogP) is 2.31. The molecule has 0 spiro atoms. The largest absolute Gasteiger partial charge is 0.381 e. The van der Waals surface area contributed by atoms with Gasteiger partial charge in [0.25, 0.3) is 5.91 Å². The number of nitrogens with zero attached hydrogens (tertiary/aromatic N) is 1. The fraction of sp³-hybridized carbons (Fsp3) is 0.412. The molecule has 1 aromatic carbocycles. The molecule has 1 aliphatic heterocycles. The zero-order valence-corrected chi connectivity index (χ0v) is 12.9. The molecule has 0 aliphatic carbocycles. The molecule has 2 amide bonds. The lowest BCUT2D eigenvalue weighted by Gasteiger charge is -2.24. The summed E-state index contributed by atoms with van der Waals surface area (Å²) in [5.74, 6) is 0.0942. The molecule has 1 saturated heterocycles. The number of benzene rings is 1. The van der Waals surface area contributed by atoms with Gasteiger partial charge in [0.15, 0.2) is 0 Å². The van der Waals surface area contributed by atoms with Crippen molar-refractivity contribution in [2.24, 2.45) is 5.92 Å². The molecule has 1 atom stereocenters. The fourth-order valence-corrected chi connectivity index (χ4v) is 2.50. The molecule has 1 N–H and O–H groups in total. The van der Waals surface area contributed by atoms with Crippen molar-refractivity contribution in [3.8, 4) is 0 Å². The number of carbonyl (C=O) groups excluding carboxylic acids is 2. The summed E-state index contributed by atoms with van der Waals surface area (Å²) >= 11 is 0. The Labute approximate surface area is 130 Å². The van der Waals surface area contributed by atoms with Crippen molar-refractivity contribution in [2.45, 2.75) is 13.3 Å². The third-order valence-corrected chi connectivity index (χ3v) is 3.73. The van der Waals surface area contributed by atoms with Gasteiger partial charge in [-0.05, 0) is 37.6 Å². The lowest BCUT2D eigenvalue weighted by Crippen LogP contribution is -2.35. The second-order valence-electron chi connectivity index (χ2n) is 5.35. The number of hydrogen-bond acceptors (Lipinski definition) is 3. The van der Waals surface area contributed by atoms with Crippen LogP contribution in [0.4, 0.5) is 5.69 Å². The molecule has 0 saturated carbocycles. The van der Waals surface area contributed by atoms with Crippen LogP contribution in [-0.4, -0.2) is 43.0 Å². The molecule has 0 radical (unpaired) electrons. The third-order valence-electron chi connectivity index (χ3n) is 3.73. The van der Waals surface area contributed by atoms with E-state index >= 15 is 0 Å². The number of nitrogens with one attached hydrogen (secondary N) is 1. The molecule has 5 nitrogen and oxygen atoms in total. The van der Waals surface area contributed by atoms with E-state index in [4.69, 9.17) is 4.74 Å². The van der Waals surface area contributed by atoms with Crippen molar-refractivity contribution < 1.29 is 14.3 Å². The molecule has 0 aromatic heterocycles. The number of anilines is 1. The van der Waals surface area contributed by atoms with Gasteiger partial charge in [-0.2, -0.15) is 0 Å². The van der Waals surface area contributed by atoms with Gasteiger partial charge in [-0.15, -0.1) is 0 Å². The van der Waals surface area contributed by atoms with Crippen molar-refractivity contribution in [3.63, 3.8) is 0 Å². The number of ether oxygens (including phenoxy) is 1. The van der Waals surface area contributed by atoms with E-state index in [1.165, 1.54) is 6.08 Å². The van der Waals surface area contributed by atoms with Gasteiger partial charge < -0.3 is 15.0 Å². The Hall–Kier alpha value is -2.14. The van der Waals surface area contributed by atoms with Crippen LogP contribution in [0.5, 0.6) is 0 Å². The highest BCUT2D eigenvalue weighted by molar-refractivity contribution is 6.00. The second kappa shape index (κ2) is 7.75. The molecule has 1 aromatic rings. The Morgan fingerprint density at radius 3 is 2.95 bits per heavy atom. The highest BCUT2D eigenvalue weighted by Crippen LogP contribution is 2.17. The van der Waals surface area contributed by atoms with Crippen LogP contribution in [0.3, 0.4) is 0 Å². The number of amides is 2. The van der Waals surface area contributed by atoms with Crippen molar-refractivity contribution in [1.82, 2.24) is 4.90 Å². The molecule has 1 unspecified atom stereocenters. The van der Waals surface area contributed by atoms with Crippen molar-refractivity contribution in [2.75, 3.05) is 31.6 Å². The number of carbonyl (C=O) groups is 2. The number of rotatable bonds is 6. The summed E-state index contributed by atoms with van der Waals surface area (Å²) in [5, 5.41) is 2.67. The SMILES string of the molecule is C=CC(=O)Nc1cccc(C(=O)N(CC)CC2CCOC2)c1. The minimum atomic E-state index is -0.292. The Kier molecular flexibility index (Phi) is 5.72. The average Bonchev–Trinajstić information content (AvgIpc) is 3.05. The first kappa shape index (κ1) is 16.2. The van der Waals surface area contributed by atoms with Gasteiger partial charge in [-0.3, -0.25) is 9.59 Å². The summed E-state index contributed by atoms with van der Waals surface area (Å²) in [6.45, 7) is 8.24. The van der Waals surface area contributed by atoms with Crippen LogP contribution in [0.2, 0.25) is 0 Å². The summed E-state index contributed by atoms with van der Waals surface area (Å²) in [6, 6.07) is 6.97. The first-order valence-electron chi connectivity index (χ1n) is 7.54. The van der Waals surface area contributed by atoms with Crippen LogP contribution in [0.25, 0.3) is 0 Å². The van der Waals surface area contributed by atoms with Crippen LogP contribution in [0, 0.1) is 5.92 Å². The van der Waals surface area contributed by atoms with E-state index in [1.807, 2.05) is 11.8 Å². The molecule has 1 aliphatic rings. The van der Waals surface area contributed by atoms with E-state index < -0.39 is 0 Å². The molecule has 0 bridgehead atoms. The van der Waals surface area contributed by atoms with E-state index in [2.05, 4.69) is 11.9 Å². The molecular weight excluding hydrogens is 280 g/mol. The van der Waals surface area contributed by atoms with Crippen molar-refractivity contribution in [3.05, 3.63) is 42.5 Å². The van der Waals surface area contributed by atoms with Gasteiger partial charge in [0, 0.05) is 36.9 Å². The Morgan fingerprint density at radius 1 is 1.50 bits per heavy atom. The lowest BCUT2D eigenvalue weighted by molar-refractivity contribution is -0.111. The number of hydrogen-bond donors (Lipinski definition) is 1. The Bertz CT molecular complexity index is 551. The Morgan fingerprint density at radius 2 is 2.32 bits per heavy atom. The quantitative estimate of drug-likeness (QED) is 0.820. The zero-order valence-electron chi connectivity index (χ0n) is 12.9. The highest BCUT2D eigenvalue weighted by Gasteiger charge is 2.22. The van der Waals surface area contributed by atoms with Gasteiger partial charge in [0.2, 0.25) is 5.91 Å². The predicted molar refractivity (Wildman–Crippen MR) is 85.8 cm³/mol. The summed E-state index contributed by atoms with van der Waals surface area (Å²) in [6.07, 6.45) is 2.20. The monoisotopic (exact) mass is 302 g/mol. The van der Waals surface area contributed by atoms with Crippen LogP contribution >= 0.6 is 0 Å². The highest BCUT2D eigenvalue weighted by atomic mass is 16.5. The molecule has 1 heterocycles. The average molecular weight is 302 g/mol. The van der Waals surface area contributed by atoms with Crippen LogP contribution in [-0.2, 0) is 9.53 Å². The van der Waals surface area contributed by atoms with Gasteiger partial charge in [0.1, 0.15) is 0 Å². The minimum absolute atomic E-state index is 0.0240. The molecule has 22 heavy (non-hydrogen) atoms. The Balaban J connectivity index is 2.07. The van der Waals surface area contributed by atoms with Crippen LogP contribution < -0.4 is 5.32 Å². The van der Waals surface area contributed by atoms with Gasteiger partial charge >= 0.3 is 0 Å². The normalized spacial score (nSPS) is 17.0. The molecule has 5 heteroatoms. The summed E-state index contributed by atoms with van der Waals surface area (Å²) in [4.78, 5) is 25.8. The lowest BCUT2D eigenvalue weighted by atomic mass is 10.1. The van der Waals surface area contributed by atoms with Gasteiger partial charge in [0.05, 0.1) is 6.61 Å². The molecule has 118 valence electrons. The van der Waals surface area contributed by atoms with E-state index in [0.717, 1.165) is 19.6 Å². The topological polar surface area (TPSA) is 58.6 Å². The van der Waals surface area contributed by atoms with Gasteiger partial charge in [-0.1, -0.05) is 12.6 Å². The summed E-state index contributed by atoms with van der Waals surface area (Å²) in [5.41, 5.74) is 1.17. The molecule has 1 fully saturated rings. The third kappa shape index (κ3) is 4.18. The minimum Gasteiger partial charge on any atom is -0.381 e. The maximum atomic E-state index is 12.6. The van der Waals surface area contributed by atoms with Gasteiger partial charge in [-0.25, -0.2) is 0 Å². The van der Waals surface area contributed by atoms with Crippen LogP contribution in [0.1, 0.15) is 23.7 Å². The second-order valence-corrected chi connectivity index (χ2v) is 5.35. The maximum absolute atomic E-state index is 12.6. The first-order valence-corrected chi connectivity index (χ1v) is 7.54. The smallest absolute Gasteiger partial charge is 0.253 e. The maximum Gasteiger partial charge on any atom is 0.253 e. The molecule has 2 rings (SSSR count). The first-order chi connectivity index (χ1) is 10.6. The van der Waals surface area contributed by atoms with E-state index in [1.54, 1.807) is 24.3 Å².